The third-order valence-corrected chi connectivity index (χ3v) is 4.28. The summed E-state index contributed by atoms with van der Waals surface area (Å²) in [5, 5.41) is 1.29. The van der Waals surface area contributed by atoms with Crippen molar-refractivity contribution in [3.05, 3.63) is 45.9 Å². The molecule has 0 aliphatic carbocycles. The second kappa shape index (κ2) is 10.9. The maximum Gasteiger partial charge on any atom is 0.258 e. The summed E-state index contributed by atoms with van der Waals surface area (Å²) in [7, 11) is 0. The molecule has 7 heteroatoms. The van der Waals surface area contributed by atoms with Crippen LogP contribution < -0.4 is 21.8 Å². The Morgan fingerprint density at radius 1 is 1.29 bits per heavy atom. The molecule has 1 amide bonds. The molecule has 28 heavy (non-hydrogen) atoms. The molecule has 0 unspecified atom stereocenters. The number of primary amides is 1. The minimum absolute atomic E-state index is 0. The fraction of sp³-hybridized carbons (Fsp3) is 0.429. The molecule has 2 rings (SSSR count). The Bertz CT molecular complexity index is 904. The van der Waals surface area contributed by atoms with E-state index in [0.717, 1.165) is 18.4 Å². The van der Waals surface area contributed by atoms with Crippen LogP contribution in [0.1, 0.15) is 44.9 Å². The van der Waals surface area contributed by atoms with Crippen molar-refractivity contribution in [2.75, 3.05) is 6.61 Å². The number of rotatable bonds is 9. The lowest BCUT2D eigenvalue weighted by Crippen LogP contribution is -2.28. The molecule has 1 aromatic carbocycles. The predicted molar refractivity (Wildman–Crippen MR) is 117 cm³/mol. The molecule has 154 valence electrons. The maximum atomic E-state index is 13.1. The van der Waals surface area contributed by atoms with Gasteiger partial charge in [0.15, 0.2) is 0 Å². The first-order valence-corrected chi connectivity index (χ1v) is 9.38. The second-order valence-corrected chi connectivity index (χ2v) is 7.03. The van der Waals surface area contributed by atoms with Crippen LogP contribution in [-0.2, 0) is 17.9 Å². The average molecular weight is 408 g/mol. The van der Waals surface area contributed by atoms with E-state index in [1.807, 2.05) is 6.07 Å². The highest BCUT2D eigenvalue weighted by molar-refractivity contribution is 5.93. The molecule has 0 saturated heterocycles. The minimum Gasteiger partial charge on any atom is -0.491 e. The number of benzene rings is 1. The molecule has 0 aliphatic heterocycles. The smallest absolute Gasteiger partial charge is 0.258 e. The van der Waals surface area contributed by atoms with E-state index in [1.165, 1.54) is 6.08 Å². The largest absolute Gasteiger partial charge is 0.491 e. The summed E-state index contributed by atoms with van der Waals surface area (Å²) in [5.41, 5.74) is 12.6. The van der Waals surface area contributed by atoms with E-state index >= 15 is 0 Å². The van der Waals surface area contributed by atoms with Gasteiger partial charge in [-0.25, -0.2) is 0 Å². The van der Waals surface area contributed by atoms with E-state index < -0.39 is 5.91 Å². The summed E-state index contributed by atoms with van der Waals surface area (Å²) < 4.78 is 7.81. The molecule has 4 N–H and O–H groups in total. The molecule has 1 heterocycles. The lowest BCUT2D eigenvalue weighted by Gasteiger charge is -2.20. The van der Waals surface area contributed by atoms with Crippen LogP contribution in [-0.4, -0.2) is 17.1 Å². The summed E-state index contributed by atoms with van der Waals surface area (Å²) >= 11 is 0. The number of halogens is 1. The van der Waals surface area contributed by atoms with Crippen molar-refractivity contribution in [3.63, 3.8) is 0 Å². The summed E-state index contributed by atoms with van der Waals surface area (Å²) in [6.45, 7) is 7.56. The molecule has 0 spiro atoms. The van der Waals surface area contributed by atoms with Gasteiger partial charge in [0, 0.05) is 24.6 Å². The Kier molecular flexibility index (Phi) is 9.22. The molecule has 0 saturated carbocycles. The van der Waals surface area contributed by atoms with Crippen molar-refractivity contribution in [2.45, 2.75) is 46.7 Å². The quantitative estimate of drug-likeness (QED) is 0.492. The van der Waals surface area contributed by atoms with Crippen LogP contribution in [0.15, 0.2) is 29.1 Å². The van der Waals surface area contributed by atoms with Crippen LogP contribution in [0.3, 0.4) is 0 Å². The van der Waals surface area contributed by atoms with Gasteiger partial charge in [-0.3, -0.25) is 9.59 Å². The Morgan fingerprint density at radius 3 is 2.57 bits per heavy atom. The van der Waals surface area contributed by atoms with Crippen molar-refractivity contribution < 1.29 is 9.53 Å². The lowest BCUT2D eigenvalue weighted by molar-refractivity contribution is -0.113. The zero-order valence-electron chi connectivity index (χ0n) is 16.7. The Balaban J connectivity index is 0.00000392. The second-order valence-electron chi connectivity index (χ2n) is 7.03. The van der Waals surface area contributed by atoms with Gasteiger partial charge in [-0.15, -0.1) is 12.4 Å². The van der Waals surface area contributed by atoms with Gasteiger partial charge in [-0.2, -0.15) is 0 Å². The first kappa shape index (κ1) is 23.7. The Labute approximate surface area is 172 Å². The zero-order valence-corrected chi connectivity index (χ0v) is 17.6. The molecule has 2 aromatic rings. The maximum absolute atomic E-state index is 13.1. The monoisotopic (exact) mass is 407 g/mol. The van der Waals surface area contributed by atoms with Crippen molar-refractivity contribution in [2.24, 2.45) is 17.4 Å². The highest BCUT2D eigenvalue weighted by Gasteiger charge is 2.18. The molecule has 0 bridgehead atoms. The highest BCUT2D eigenvalue weighted by atomic mass is 35.5. The summed E-state index contributed by atoms with van der Waals surface area (Å²) in [5.74, 6) is 0.423. The summed E-state index contributed by atoms with van der Waals surface area (Å²) in [6.07, 6.45) is 4.84. The van der Waals surface area contributed by atoms with Crippen molar-refractivity contribution >= 4 is 35.2 Å². The number of hydrogen-bond acceptors (Lipinski definition) is 4. The van der Waals surface area contributed by atoms with E-state index in [-0.39, 0.29) is 24.5 Å². The topological polar surface area (TPSA) is 100 Å². The molecule has 0 atom stereocenters. The number of carbonyl (C=O) groups is 1. The van der Waals surface area contributed by atoms with Crippen molar-refractivity contribution in [1.82, 2.24) is 4.57 Å². The summed E-state index contributed by atoms with van der Waals surface area (Å²) in [6, 6.07) is 5.40. The molecule has 6 nitrogen and oxygen atoms in total. The van der Waals surface area contributed by atoms with Crippen LogP contribution in [0, 0.1) is 5.92 Å². The lowest BCUT2D eigenvalue weighted by atomic mass is 10.0. The van der Waals surface area contributed by atoms with E-state index in [0.29, 0.717) is 41.3 Å². The average Bonchev–Trinajstić information content (AvgIpc) is 2.63. The standard InChI is InChI=1S/C21H29N3O3.ClH/c1-4-5-10-27-20-17-11-15(7-9-19(23)25)6-8-16(17)21(26)24(13-14(2)3)18(20)12-22;/h6-9,11,14H,4-5,10,12-13,22H2,1-3H3,(H2,23,25);1H. The normalized spacial score (nSPS) is 11.2. The molecule has 0 fully saturated rings. The van der Waals surface area contributed by atoms with Gasteiger partial charge < -0.3 is 20.8 Å². The van der Waals surface area contributed by atoms with Crippen LogP contribution in [0.4, 0.5) is 0 Å². The zero-order chi connectivity index (χ0) is 20.0. The molecular weight excluding hydrogens is 378 g/mol. The van der Waals surface area contributed by atoms with E-state index in [2.05, 4.69) is 20.8 Å². The molecule has 0 aliphatic rings. The number of amides is 1. The third kappa shape index (κ3) is 5.59. The van der Waals surface area contributed by atoms with Crippen LogP contribution >= 0.6 is 12.4 Å². The van der Waals surface area contributed by atoms with Gasteiger partial charge in [-0.05, 0) is 36.1 Å². The Hall–Kier alpha value is -2.31. The Morgan fingerprint density at radius 2 is 2.00 bits per heavy atom. The first-order valence-electron chi connectivity index (χ1n) is 9.38. The van der Waals surface area contributed by atoms with Crippen molar-refractivity contribution in [1.29, 1.82) is 0 Å². The number of unbranched alkanes of at least 4 members (excludes halogenated alkanes) is 1. The van der Waals surface area contributed by atoms with Gasteiger partial charge in [0.05, 0.1) is 17.7 Å². The predicted octanol–water partition coefficient (Wildman–Crippen LogP) is 3.22. The first-order chi connectivity index (χ1) is 12.9. The number of ether oxygens (including phenoxy) is 1. The van der Waals surface area contributed by atoms with Gasteiger partial charge >= 0.3 is 0 Å². The number of aromatic nitrogens is 1. The van der Waals surface area contributed by atoms with Gasteiger partial charge in [0.1, 0.15) is 5.75 Å². The van der Waals surface area contributed by atoms with Gasteiger partial charge in [0.2, 0.25) is 5.91 Å². The fourth-order valence-electron chi connectivity index (χ4n) is 3.01. The van der Waals surface area contributed by atoms with Crippen LogP contribution in [0.2, 0.25) is 0 Å². The van der Waals surface area contributed by atoms with Gasteiger partial charge in [-0.1, -0.05) is 33.3 Å². The fourth-order valence-corrected chi connectivity index (χ4v) is 3.01. The molecule has 0 radical (unpaired) electrons. The van der Waals surface area contributed by atoms with E-state index in [4.69, 9.17) is 16.2 Å². The van der Waals surface area contributed by atoms with Crippen LogP contribution in [0.5, 0.6) is 5.75 Å². The van der Waals surface area contributed by atoms with E-state index in [1.54, 1.807) is 22.8 Å². The number of nitrogens with two attached hydrogens (primary N) is 2. The van der Waals surface area contributed by atoms with Crippen LogP contribution in [0.25, 0.3) is 16.8 Å². The number of nitrogens with zero attached hydrogens (tertiary/aromatic N) is 1. The third-order valence-electron chi connectivity index (χ3n) is 4.28. The van der Waals surface area contributed by atoms with E-state index in [9.17, 15) is 9.59 Å². The number of fused-ring (bicyclic) bond motifs is 1. The minimum atomic E-state index is -0.524. The van der Waals surface area contributed by atoms with Crippen molar-refractivity contribution in [3.8, 4) is 5.75 Å². The molecular formula is C21H30ClN3O3. The summed E-state index contributed by atoms with van der Waals surface area (Å²) in [4.78, 5) is 24.1. The van der Waals surface area contributed by atoms with Gasteiger partial charge in [0.25, 0.3) is 5.56 Å². The number of hydrogen-bond donors (Lipinski definition) is 2. The molecule has 1 aromatic heterocycles. The SMILES string of the molecule is CCCCOc1c(CN)n(CC(C)C)c(=O)c2ccc(C=CC(N)=O)cc12.Cl. The number of pyridine rings is 1. The highest BCUT2D eigenvalue weighted by Crippen LogP contribution is 2.30. The number of carbonyl (C=O) groups excluding carboxylic acids is 1.